The minimum Gasteiger partial charge on any atom is -0.343 e. The van der Waals surface area contributed by atoms with Crippen LogP contribution in [0.25, 0.3) is 11.0 Å². The third-order valence-corrected chi connectivity index (χ3v) is 4.47. The standard InChI is InChI=1S/C18H18N4O/c23-18(14-5-1-7-19-11-14)22-9-3-6-15(12-22)16-10-13-4-2-8-20-17(13)21-16/h1-2,4-5,7-8,10-11,15H,3,6,9,12H2,(H,20,21)/t15-/m0/s1. The second-order valence-corrected chi connectivity index (χ2v) is 6.00. The molecule has 1 amide bonds. The summed E-state index contributed by atoms with van der Waals surface area (Å²) in [4.78, 5) is 26.3. The first kappa shape index (κ1) is 13.9. The van der Waals surface area contributed by atoms with Gasteiger partial charge in [0.05, 0.1) is 5.56 Å². The van der Waals surface area contributed by atoms with Crippen LogP contribution in [0, 0.1) is 0 Å². The number of pyridine rings is 2. The van der Waals surface area contributed by atoms with Crippen molar-refractivity contribution in [3.63, 3.8) is 0 Å². The number of rotatable bonds is 2. The smallest absolute Gasteiger partial charge is 0.255 e. The molecule has 0 unspecified atom stereocenters. The zero-order chi connectivity index (χ0) is 15.6. The molecule has 4 heterocycles. The minimum atomic E-state index is 0.0667. The van der Waals surface area contributed by atoms with Crippen molar-refractivity contribution in [1.29, 1.82) is 0 Å². The Balaban J connectivity index is 1.56. The maximum absolute atomic E-state index is 12.6. The van der Waals surface area contributed by atoms with Gasteiger partial charge in [-0.25, -0.2) is 4.98 Å². The molecule has 1 aliphatic rings. The molecule has 4 rings (SSSR count). The summed E-state index contributed by atoms with van der Waals surface area (Å²) in [7, 11) is 0. The van der Waals surface area contributed by atoms with E-state index in [-0.39, 0.29) is 5.91 Å². The summed E-state index contributed by atoms with van der Waals surface area (Å²) in [5, 5.41) is 1.12. The molecule has 1 fully saturated rings. The number of likely N-dealkylation sites (tertiary alicyclic amines) is 1. The van der Waals surface area contributed by atoms with Crippen molar-refractivity contribution in [1.82, 2.24) is 19.9 Å². The summed E-state index contributed by atoms with van der Waals surface area (Å²) in [6, 6.07) is 9.79. The molecule has 0 aliphatic carbocycles. The second kappa shape index (κ2) is 5.83. The molecule has 3 aromatic rings. The zero-order valence-corrected chi connectivity index (χ0v) is 12.8. The molecule has 0 spiro atoms. The molecule has 5 nitrogen and oxygen atoms in total. The van der Waals surface area contributed by atoms with Crippen LogP contribution in [0.1, 0.15) is 34.8 Å². The number of fused-ring (bicyclic) bond motifs is 1. The molecule has 0 aromatic carbocycles. The fourth-order valence-corrected chi connectivity index (χ4v) is 3.29. The fraction of sp³-hybridized carbons (Fsp3) is 0.278. The molecular formula is C18H18N4O. The summed E-state index contributed by atoms with van der Waals surface area (Å²) in [5.41, 5.74) is 2.74. The molecule has 1 saturated heterocycles. The van der Waals surface area contributed by atoms with Crippen molar-refractivity contribution in [2.75, 3.05) is 13.1 Å². The number of hydrogen-bond donors (Lipinski definition) is 1. The van der Waals surface area contributed by atoms with Gasteiger partial charge in [0.2, 0.25) is 0 Å². The van der Waals surface area contributed by atoms with Gasteiger partial charge in [-0.2, -0.15) is 0 Å². The molecule has 3 aromatic heterocycles. The van der Waals surface area contributed by atoms with E-state index in [2.05, 4.69) is 27.1 Å². The fourth-order valence-electron chi connectivity index (χ4n) is 3.29. The van der Waals surface area contributed by atoms with Crippen LogP contribution in [0.15, 0.2) is 48.9 Å². The third kappa shape index (κ3) is 2.70. The first-order valence-electron chi connectivity index (χ1n) is 7.94. The van der Waals surface area contributed by atoms with Gasteiger partial charge in [-0.05, 0) is 43.2 Å². The maximum Gasteiger partial charge on any atom is 0.255 e. The number of nitrogens with zero attached hydrogens (tertiary/aromatic N) is 3. The molecule has 0 bridgehead atoms. The van der Waals surface area contributed by atoms with Crippen LogP contribution in [0.4, 0.5) is 0 Å². The van der Waals surface area contributed by atoms with Gasteiger partial charge in [-0.3, -0.25) is 9.78 Å². The summed E-state index contributed by atoms with van der Waals surface area (Å²) in [6.07, 6.45) is 7.22. The minimum absolute atomic E-state index is 0.0667. The highest BCUT2D eigenvalue weighted by atomic mass is 16.2. The molecule has 5 heteroatoms. The Labute approximate surface area is 134 Å². The predicted octanol–water partition coefficient (Wildman–Crippen LogP) is 2.98. The Morgan fingerprint density at radius 2 is 2.17 bits per heavy atom. The molecule has 0 saturated carbocycles. The quantitative estimate of drug-likeness (QED) is 0.791. The van der Waals surface area contributed by atoms with Gasteiger partial charge < -0.3 is 9.88 Å². The zero-order valence-electron chi connectivity index (χ0n) is 12.8. The SMILES string of the molecule is O=C(c1cccnc1)N1CCC[C@H](c2cc3cccnc3[nH]2)C1. The van der Waals surface area contributed by atoms with E-state index in [4.69, 9.17) is 0 Å². The monoisotopic (exact) mass is 306 g/mol. The first-order valence-corrected chi connectivity index (χ1v) is 7.94. The van der Waals surface area contributed by atoms with Crippen LogP contribution in [-0.2, 0) is 0 Å². The van der Waals surface area contributed by atoms with Crippen molar-refractivity contribution in [3.05, 3.63) is 60.2 Å². The Hall–Kier alpha value is -2.69. The predicted molar refractivity (Wildman–Crippen MR) is 88.2 cm³/mol. The molecule has 116 valence electrons. The Morgan fingerprint density at radius 1 is 1.26 bits per heavy atom. The van der Waals surface area contributed by atoms with Crippen LogP contribution in [-0.4, -0.2) is 38.8 Å². The van der Waals surface area contributed by atoms with Crippen molar-refractivity contribution < 1.29 is 4.79 Å². The van der Waals surface area contributed by atoms with Gasteiger partial charge >= 0.3 is 0 Å². The topological polar surface area (TPSA) is 61.9 Å². The first-order chi connectivity index (χ1) is 11.3. The third-order valence-electron chi connectivity index (χ3n) is 4.47. The number of carbonyl (C=O) groups is 1. The van der Waals surface area contributed by atoms with E-state index >= 15 is 0 Å². The van der Waals surface area contributed by atoms with Crippen LogP contribution >= 0.6 is 0 Å². The highest BCUT2D eigenvalue weighted by molar-refractivity contribution is 5.94. The molecule has 1 N–H and O–H groups in total. The average molecular weight is 306 g/mol. The lowest BCUT2D eigenvalue weighted by atomic mass is 9.94. The van der Waals surface area contributed by atoms with E-state index in [1.165, 1.54) is 5.69 Å². The van der Waals surface area contributed by atoms with Crippen molar-refractivity contribution >= 4 is 16.9 Å². The van der Waals surface area contributed by atoms with E-state index < -0.39 is 0 Å². The molecule has 0 radical (unpaired) electrons. The molecule has 23 heavy (non-hydrogen) atoms. The number of amides is 1. The van der Waals surface area contributed by atoms with Crippen LogP contribution < -0.4 is 0 Å². The van der Waals surface area contributed by atoms with Gasteiger partial charge in [-0.1, -0.05) is 0 Å². The Kier molecular flexibility index (Phi) is 3.54. The van der Waals surface area contributed by atoms with Gasteiger partial charge in [-0.15, -0.1) is 0 Å². The van der Waals surface area contributed by atoms with E-state index in [0.717, 1.165) is 37.0 Å². The number of H-pyrrole nitrogens is 1. The summed E-state index contributed by atoms with van der Waals surface area (Å²) >= 11 is 0. The lowest BCUT2D eigenvalue weighted by Gasteiger charge is -2.32. The van der Waals surface area contributed by atoms with Gasteiger partial charge in [0, 0.05) is 48.7 Å². The number of hydrogen-bond acceptors (Lipinski definition) is 3. The second-order valence-electron chi connectivity index (χ2n) is 6.00. The van der Waals surface area contributed by atoms with Crippen molar-refractivity contribution in [3.8, 4) is 0 Å². The largest absolute Gasteiger partial charge is 0.343 e. The number of carbonyl (C=O) groups excluding carboxylic acids is 1. The number of aromatic amines is 1. The van der Waals surface area contributed by atoms with Crippen molar-refractivity contribution in [2.45, 2.75) is 18.8 Å². The number of aromatic nitrogens is 3. The van der Waals surface area contributed by atoms with Crippen LogP contribution in [0.5, 0.6) is 0 Å². The lowest BCUT2D eigenvalue weighted by Crippen LogP contribution is -2.39. The molecular weight excluding hydrogens is 288 g/mol. The van der Waals surface area contributed by atoms with Crippen molar-refractivity contribution in [2.24, 2.45) is 0 Å². The summed E-state index contributed by atoms with van der Waals surface area (Å²) in [6.45, 7) is 1.54. The van der Waals surface area contributed by atoms with Gasteiger partial charge in [0.25, 0.3) is 5.91 Å². The number of nitrogens with one attached hydrogen (secondary N) is 1. The lowest BCUT2D eigenvalue weighted by molar-refractivity contribution is 0.0705. The highest BCUT2D eigenvalue weighted by Gasteiger charge is 2.26. The van der Waals surface area contributed by atoms with E-state index in [9.17, 15) is 4.79 Å². The van der Waals surface area contributed by atoms with Gasteiger partial charge in [0.1, 0.15) is 5.65 Å². The number of piperidine rings is 1. The van der Waals surface area contributed by atoms with E-state index in [1.807, 2.05) is 17.0 Å². The highest BCUT2D eigenvalue weighted by Crippen LogP contribution is 2.29. The van der Waals surface area contributed by atoms with E-state index in [0.29, 0.717) is 11.5 Å². The molecule has 1 aliphatic heterocycles. The van der Waals surface area contributed by atoms with Gasteiger partial charge in [0.15, 0.2) is 0 Å². The maximum atomic E-state index is 12.6. The normalized spacial score (nSPS) is 18.3. The van der Waals surface area contributed by atoms with Crippen LogP contribution in [0.2, 0.25) is 0 Å². The molecule has 1 atom stereocenters. The van der Waals surface area contributed by atoms with E-state index in [1.54, 1.807) is 24.7 Å². The van der Waals surface area contributed by atoms with Crippen LogP contribution in [0.3, 0.4) is 0 Å². The Morgan fingerprint density at radius 3 is 3.00 bits per heavy atom. The summed E-state index contributed by atoms with van der Waals surface area (Å²) < 4.78 is 0. The average Bonchev–Trinajstić information content (AvgIpc) is 3.06. The Bertz CT molecular complexity index is 794. The summed E-state index contributed by atoms with van der Waals surface area (Å²) in [5.74, 6) is 0.399.